The summed E-state index contributed by atoms with van der Waals surface area (Å²) in [6.45, 7) is 2.98. The van der Waals surface area contributed by atoms with Gasteiger partial charge in [0.25, 0.3) is 5.91 Å². The quantitative estimate of drug-likeness (QED) is 0.924. The van der Waals surface area contributed by atoms with Gasteiger partial charge in [0.05, 0.1) is 18.7 Å². The molecule has 0 spiro atoms. The van der Waals surface area contributed by atoms with Crippen molar-refractivity contribution in [1.29, 1.82) is 0 Å². The van der Waals surface area contributed by atoms with E-state index in [0.717, 1.165) is 35.8 Å². The normalized spacial score (nSPS) is 21.3. The Morgan fingerprint density at radius 2 is 2.21 bits per heavy atom. The fourth-order valence-corrected chi connectivity index (χ4v) is 3.30. The Morgan fingerprint density at radius 3 is 2.79 bits per heavy atom. The predicted octanol–water partition coefficient (Wildman–Crippen LogP) is 2.57. The molecule has 1 aliphatic carbocycles. The fourth-order valence-electron chi connectivity index (χ4n) is 2.87. The third-order valence-electron chi connectivity index (χ3n) is 3.95. The van der Waals surface area contributed by atoms with Gasteiger partial charge in [-0.3, -0.25) is 4.79 Å². The highest BCUT2D eigenvalue weighted by Crippen LogP contribution is 2.38. The number of carbonyl (C=O) groups is 1. The van der Waals surface area contributed by atoms with E-state index in [0.29, 0.717) is 19.1 Å². The van der Waals surface area contributed by atoms with Crippen LogP contribution in [0.4, 0.5) is 0 Å². The zero-order valence-electron chi connectivity index (χ0n) is 11.1. The summed E-state index contributed by atoms with van der Waals surface area (Å²) in [5, 5.41) is 10.2. The Kier molecular flexibility index (Phi) is 3.21. The Balaban J connectivity index is 1.72. The molecule has 2 aliphatic rings. The molecule has 1 saturated heterocycles. The Hall–Kier alpha value is -0.810. The molecule has 1 N–H and O–H groups in total. The lowest BCUT2D eigenvalue weighted by atomic mass is 9.89. The molecular weight excluding hydrogens is 308 g/mol. The first-order valence-electron chi connectivity index (χ1n) is 6.91. The Morgan fingerprint density at radius 1 is 1.53 bits per heavy atom. The van der Waals surface area contributed by atoms with Crippen molar-refractivity contribution in [2.75, 3.05) is 13.1 Å². The molecule has 19 heavy (non-hydrogen) atoms. The van der Waals surface area contributed by atoms with Crippen LogP contribution in [0, 0.1) is 0 Å². The molecule has 4 nitrogen and oxygen atoms in total. The van der Waals surface area contributed by atoms with Crippen molar-refractivity contribution in [3.05, 3.63) is 22.4 Å². The van der Waals surface area contributed by atoms with Gasteiger partial charge in [0.2, 0.25) is 0 Å². The zero-order valence-corrected chi connectivity index (χ0v) is 12.7. The molecule has 0 radical (unpaired) electrons. The molecule has 1 amide bonds. The van der Waals surface area contributed by atoms with Crippen LogP contribution >= 0.6 is 15.9 Å². The summed E-state index contributed by atoms with van der Waals surface area (Å²) in [5.41, 5.74) is 0.0893. The van der Waals surface area contributed by atoms with Crippen molar-refractivity contribution in [2.45, 2.75) is 44.2 Å². The molecule has 1 aliphatic heterocycles. The van der Waals surface area contributed by atoms with Crippen molar-refractivity contribution in [1.82, 2.24) is 9.47 Å². The maximum Gasteiger partial charge on any atom is 0.270 e. The van der Waals surface area contributed by atoms with Gasteiger partial charge >= 0.3 is 0 Å². The van der Waals surface area contributed by atoms with Gasteiger partial charge < -0.3 is 14.6 Å². The van der Waals surface area contributed by atoms with Gasteiger partial charge in [-0.25, -0.2) is 0 Å². The highest BCUT2D eigenvalue weighted by Gasteiger charge is 2.44. The molecule has 2 fully saturated rings. The number of aromatic nitrogens is 1. The molecule has 104 valence electrons. The largest absolute Gasteiger partial charge is 0.386 e. The van der Waals surface area contributed by atoms with E-state index in [9.17, 15) is 9.90 Å². The van der Waals surface area contributed by atoms with E-state index in [2.05, 4.69) is 27.4 Å². The van der Waals surface area contributed by atoms with E-state index in [4.69, 9.17) is 0 Å². The van der Waals surface area contributed by atoms with Gasteiger partial charge in [-0.15, -0.1) is 0 Å². The average Bonchev–Trinajstić information content (AvgIpc) is 3.09. The van der Waals surface area contributed by atoms with Crippen LogP contribution in [-0.4, -0.2) is 39.2 Å². The molecule has 0 unspecified atom stereocenters. The highest BCUT2D eigenvalue weighted by molar-refractivity contribution is 9.10. The highest BCUT2D eigenvalue weighted by atomic mass is 79.9. The lowest BCUT2D eigenvalue weighted by Gasteiger charge is -2.46. The third kappa shape index (κ3) is 2.46. The molecule has 3 rings (SSSR count). The van der Waals surface area contributed by atoms with Crippen LogP contribution in [0.1, 0.15) is 49.1 Å². The van der Waals surface area contributed by atoms with Crippen molar-refractivity contribution in [3.8, 4) is 0 Å². The summed E-state index contributed by atoms with van der Waals surface area (Å²) >= 11 is 3.44. The first-order valence-corrected chi connectivity index (χ1v) is 7.71. The third-order valence-corrected chi connectivity index (χ3v) is 4.38. The van der Waals surface area contributed by atoms with Gasteiger partial charge in [-0.2, -0.15) is 0 Å². The van der Waals surface area contributed by atoms with Crippen LogP contribution in [0.2, 0.25) is 0 Å². The van der Waals surface area contributed by atoms with Crippen molar-refractivity contribution in [2.24, 2.45) is 0 Å². The number of halogens is 1. The summed E-state index contributed by atoms with van der Waals surface area (Å²) in [7, 11) is 0. The monoisotopic (exact) mass is 326 g/mol. The minimum absolute atomic E-state index is 0.0402. The number of carbonyl (C=O) groups excluding carboxylic acids is 1. The van der Waals surface area contributed by atoms with Crippen LogP contribution in [0.3, 0.4) is 0 Å². The summed E-state index contributed by atoms with van der Waals surface area (Å²) in [6.07, 6.45) is 6.01. The van der Waals surface area contributed by atoms with Gasteiger partial charge in [0.1, 0.15) is 5.69 Å². The predicted molar refractivity (Wildman–Crippen MR) is 76.2 cm³/mol. The van der Waals surface area contributed by atoms with E-state index >= 15 is 0 Å². The van der Waals surface area contributed by atoms with Crippen molar-refractivity contribution >= 4 is 21.8 Å². The zero-order chi connectivity index (χ0) is 13.6. The van der Waals surface area contributed by atoms with E-state index in [-0.39, 0.29) is 5.91 Å². The molecule has 0 aromatic carbocycles. The van der Waals surface area contributed by atoms with Gasteiger partial charge in [0.15, 0.2) is 0 Å². The van der Waals surface area contributed by atoms with E-state index in [1.54, 1.807) is 4.90 Å². The molecule has 0 bridgehead atoms. The molecule has 1 aromatic heterocycles. The number of amides is 1. The standard InChI is InChI=1S/C14H19BrN2O2/c1-2-5-14(19)8-16(9-14)13(18)12-6-10(15)7-17(12)11-3-4-11/h6-7,11,19H,2-5,8-9H2,1H3. The van der Waals surface area contributed by atoms with E-state index in [1.165, 1.54) is 0 Å². The number of rotatable bonds is 4. The summed E-state index contributed by atoms with van der Waals surface area (Å²) in [4.78, 5) is 14.2. The topological polar surface area (TPSA) is 45.5 Å². The molecule has 2 heterocycles. The smallest absolute Gasteiger partial charge is 0.270 e. The van der Waals surface area contributed by atoms with E-state index in [1.807, 2.05) is 12.3 Å². The van der Waals surface area contributed by atoms with Gasteiger partial charge in [0, 0.05) is 16.7 Å². The first-order chi connectivity index (χ1) is 9.02. The Labute approximate surface area is 121 Å². The molecule has 5 heteroatoms. The number of hydrogen-bond donors (Lipinski definition) is 1. The van der Waals surface area contributed by atoms with Crippen LogP contribution in [0.15, 0.2) is 16.7 Å². The maximum absolute atomic E-state index is 12.5. The van der Waals surface area contributed by atoms with Crippen molar-refractivity contribution < 1.29 is 9.90 Å². The van der Waals surface area contributed by atoms with Crippen molar-refractivity contribution in [3.63, 3.8) is 0 Å². The SMILES string of the molecule is CCCC1(O)CN(C(=O)c2cc(Br)cn2C2CC2)C1. The summed E-state index contributed by atoms with van der Waals surface area (Å²) in [6, 6.07) is 2.37. The average molecular weight is 327 g/mol. The second-order valence-corrected chi connectivity index (χ2v) is 6.73. The second-order valence-electron chi connectivity index (χ2n) is 5.82. The molecule has 1 saturated carbocycles. The molecule has 1 aromatic rings. The van der Waals surface area contributed by atoms with Crippen LogP contribution < -0.4 is 0 Å². The lowest BCUT2D eigenvalue weighted by molar-refractivity contribution is -0.0863. The second kappa shape index (κ2) is 4.63. The minimum Gasteiger partial charge on any atom is -0.386 e. The molecular formula is C14H19BrN2O2. The first kappa shape index (κ1) is 13.2. The summed E-state index contributed by atoms with van der Waals surface area (Å²) < 4.78 is 3.02. The lowest BCUT2D eigenvalue weighted by Crippen LogP contribution is -2.63. The van der Waals surface area contributed by atoms with Crippen LogP contribution in [0.25, 0.3) is 0 Å². The molecule has 0 atom stereocenters. The number of likely N-dealkylation sites (tertiary alicyclic amines) is 1. The summed E-state index contributed by atoms with van der Waals surface area (Å²) in [5.74, 6) is 0.0402. The number of nitrogens with zero attached hydrogens (tertiary/aromatic N) is 2. The number of β-amino-alcohol motifs (C(OH)–C–C–N with tert-alkyl or cyclic N) is 1. The van der Waals surface area contributed by atoms with Crippen LogP contribution in [-0.2, 0) is 0 Å². The maximum atomic E-state index is 12.5. The number of hydrogen-bond acceptors (Lipinski definition) is 2. The van der Waals surface area contributed by atoms with E-state index < -0.39 is 5.60 Å². The van der Waals surface area contributed by atoms with Gasteiger partial charge in [-0.1, -0.05) is 13.3 Å². The number of aliphatic hydroxyl groups is 1. The Bertz CT molecular complexity index is 502. The fraction of sp³-hybridized carbons (Fsp3) is 0.643. The van der Waals surface area contributed by atoms with Crippen LogP contribution in [0.5, 0.6) is 0 Å². The van der Waals surface area contributed by atoms with Gasteiger partial charge in [-0.05, 0) is 41.3 Å². The minimum atomic E-state index is -0.654.